The van der Waals surface area contributed by atoms with E-state index in [1.165, 1.54) is 0 Å². The number of piperidine rings is 1. The lowest BCUT2D eigenvalue weighted by molar-refractivity contribution is -0.253. The van der Waals surface area contributed by atoms with Crippen molar-refractivity contribution in [2.45, 2.75) is 44.1 Å². The van der Waals surface area contributed by atoms with Crippen molar-refractivity contribution >= 4 is 0 Å². The zero-order chi connectivity index (χ0) is 16.5. The molecule has 0 aliphatic carbocycles. The topological polar surface area (TPSA) is 3.24 Å². The number of hydrogen-bond acceptors (Lipinski definition) is 1. The zero-order valence-corrected chi connectivity index (χ0v) is 11.1. The van der Waals surface area contributed by atoms with Crippen LogP contribution in [-0.4, -0.2) is 42.3 Å². The number of rotatable bonds is 4. The van der Waals surface area contributed by atoms with E-state index >= 15 is 0 Å². The number of likely N-dealkylation sites (tertiary alicyclic amines) is 1. The largest absolute Gasteiger partial charge is 0.391 e. The second kappa shape index (κ2) is 6.10. The van der Waals surface area contributed by atoms with Gasteiger partial charge in [-0.2, -0.15) is 30.7 Å². The highest BCUT2D eigenvalue weighted by Gasteiger charge is 2.58. The highest BCUT2D eigenvalue weighted by atomic mass is 19.4. The molecule has 1 nitrogen and oxygen atoms in total. The molecular formula is C12H15F8N. The molecule has 0 aromatic heterocycles. The normalized spacial score (nSPS) is 22.0. The maximum atomic E-state index is 13.7. The molecular weight excluding hydrogens is 310 g/mol. The first-order valence-corrected chi connectivity index (χ1v) is 6.28. The summed E-state index contributed by atoms with van der Waals surface area (Å²) in [4.78, 5) is 0.0529. The van der Waals surface area contributed by atoms with E-state index < -0.39 is 56.2 Å². The number of allylic oxidation sites excluding steroid dienone is 2. The van der Waals surface area contributed by atoms with E-state index in [1.807, 2.05) is 0 Å². The first-order valence-electron chi connectivity index (χ1n) is 6.28. The van der Waals surface area contributed by atoms with Gasteiger partial charge in [0.2, 0.25) is 6.17 Å². The van der Waals surface area contributed by atoms with Gasteiger partial charge in [-0.1, -0.05) is 6.08 Å². The van der Waals surface area contributed by atoms with Crippen molar-refractivity contribution < 1.29 is 35.1 Å². The third kappa shape index (κ3) is 4.08. The van der Waals surface area contributed by atoms with Crippen LogP contribution in [0.1, 0.15) is 19.8 Å². The molecule has 124 valence electrons. The number of nitrogens with zero attached hydrogens (tertiary/aromatic N) is 1. The smallest absolute Gasteiger partial charge is 0.242 e. The van der Waals surface area contributed by atoms with Gasteiger partial charge in [0.25, 0.3) is 0 Å². The summed E-state index contributed by atoms with van der Waals surface area (Å²) in [7, 11) is 0. The van der Waals surface area contributed by atoms with Gasteiger partial charge < -0.3 is 0 Å². The Kier molecular flexibility index (Phi) is 5.28. The van der Waals surface area contributed by atoms with Crippen molar-refractivity contribution in [3.63, 3.8) is 0 Å². The predicted molar refractivity (Wildman–Crippen MR) is 60.0 cm³/mol. The Hall–Kier alpha value is -0.860. The van der Waals surface area contributed by atoms with Gasteiger partial charge in [-0.3, -0.25) is 0 Å². The van der Waals surface area contributed by atoms with E-state index in [2.05, 4.69) is 0 Å². The molecule has 0 bridgehead atoms. The van der Waals surface area contributed by atoms with Crippen molar-refractivity contribution in [1.29, 1.82) is 0 Å². The Morgan fingerprint density at radius 3 is 1.86 bits per heavy atom. The molecule has 1 aliphatic rings. The van der Waals surface area contributed by atoms with Gasteiger partial charge in [0.15, 0.2) is 0 Å². The average molecular weight is 325 g/mol. The summed E-state index contributed by atoms with van der Waals surface area (Å²) in [5.74, 6) is -6.15. The molecule has 1 fully saturated rings. The van der Waals surface area contributed by atoms with Crippen LogP contribution < -0.4 is 0 Å². The zero-order valence-electron chi connectivity index (χ0n) is 11.1. The molecule has 0 amide bonds. The van der Waals surface area contributed by atoms with Crippen LogP contribution in [0.4, 0.5) is 35.1 Å². The minimum absolute atomic E-state index is 0.00798. The van der Waals surface area contributed by atoms with E-state index in [1.54, 1.807) is 0 Å². The monoisotopic (exact) mass is 325 g/mol. The summed E-state index contributed by atoms with van der Waals surface area (Å²) in [5, 5.41) is 0. The third-order valence-corrected chi connectivity index (χ3v) is 3.41. The molecule has 0 saturated carbocycles. The van der Waals surface area contributed by atoms with Crippen molar-refractivity contribution in [2.75, 3.05) is 13.1 Å². The molecule has 1 rings (SSSR count). The van der Waals surface area contributed by atoms with Crippen molar-refractivity contribution in [3.8, 4) is 0 Å². The van der Waals surface area contributed by atoms with Crippen molar-refractivity contribution in [3.05, 3.63) is 12.2 Å². The van der Waals surface area contributed by atoms with Gasteiger partial charge >= 0.3 is 18.1 Å². The molecule has 0 aromatic carbocycles. The average Bonchev–Trinajstić information content (AvgIpc) is 2.37. The molecule has 1 heterocycles. The number of alkyl halides is 8. The van der Waals surface area contributed by atoms with Crippen molar-refractivity contribution in [1.82, 2.24) is 4.90 Å². The highest BCUT2D eigenvalue weighted by Crippen LogP contribution is 2.41. The number of hydrogen-bond donors (Lipinski definition) is 0. The second-order valence-electron chi connectivity index (χ2n) is 4.93. The molecule has 1 saturated heterocycles. The SMILES string of the molecule is C/C=C\C(F)(F)C(F)C(F)(F)N1CCC(C(F)(F)F)CC1. The van der Waals surface area contributed by atoms with Crippen LogP contribution in [0, 0.1) is 5.92 Å². The van der Waals surface area contributed by atoms with Crippen LogP contribution in [0.3, 0.4) is 0 Å². The standard InChI is InChI=1S/C12H15F8N/c1-2-5-10(14,15)9(13)12(19,20)21-6-3-8(4-7-21)11(16,17)18/h2,5,8-9H,3-4,6-7H2,1H3/b5-2-. The highest BCUT2D eigenvalue weighted by molar-refractivity contribution is 5.02. The molecule has 0 N–H and O–H groups in total. The van der Waals surface area contributed by atoms with Crippen LogP contribution in [-0.2, 0) is 0 Å². The Morgan fingerprint density at radius 2 is 1.48 bits per heavy atom. The molecule has 21 heavy (non-hydrogen) atoms. The minimum Gasteiger partial charge on any atom is -0.242 e. The summed E-state index contributed by atoms with van der Waals surface area (Å²) >= 11 is 0. The quantitative estimate of drug-likeness (QED) is 0.421. The summed E-state index contributed by atoms with van der Waals surface area (Å²) in [6.07, 6.45) is -8.93. The Labute approximate surface area is 116 Å². The lowest BCUT2D eigenvalue weighted by atomic mass is 9.95. The van der Waals surface area contributed by atoms with Gasteiger partial charge in [0.05, 0.1) is 5.92 Å². The summed E-state index contributed by atoms with van der Waals surface area (Å²) < 4.78 is 104. The fourth-order valence-electron chi connectivity index (χ4n) is 2.20. The molecule has 0 aromatic rings. The van der Waals surface area contributed by atoms with E-state index in [4.69, 9.17) is 0 Å². The first kappa shape index (κ1) is 18.2. The lowest BCUT2D eigenvalue weighted by Gasteiger charge is -2.39. The fraction of sp³-hybridized carbons (Fsp3) is 0.833. The van der Waals surface area contributed by atoms with Crippen molar-refractivity contribution in [2.24, 2.45) is 5.92 Å². The molecule has 0 spiro atoms. The van der Waals surface area contributed by atoms with Crippen LogP contribution in [0.2, 0.25) is 0 Å². The fourth-order valence-corrected chi connectivity index (χ4v) is 2.20. The van der Waals surface area contributed by atoms with Gasteiger partial charge in [-0.05, 0) is 25.8 Å². The second-order valence-corrected chi connectivity index (χ2v) is 4.93. The van der Waals surface area contributed by atoms with Gasteiger partial charge in [0.1, 0.15) is 0 Å². The molecule has 1 unspecified atom stereocenters. The lowest BCUT2D eigenvalue weighted by Crippen LogP contribution is -2.57. The summed E-state index contributed by atoms with van der Waals surface area (Å²) in [5.41, 5.74) is 0. The Balaban J connectivity index is 2.77. The third-order valence-electron chi connectivity index (χ3n) is 3.41. The number of halogens is 8. The molecule has 1 atom stereocenters. The molecule has 0 radical (unpaired) electrons. The molecule has 9 heteroatoms. The Morgan fingerprint density at radius 1 is 1.00 bits per heavy atom. The van der Waals surface area contributed by atoms with Crippen LogP contribution in [0.5, 0.6) is 0 Å². The summed E-state index contributed by atoms with van der Waals surface area (Å²) in [6.45, 7) is -0.458. The molecule has 1 aliphatic heterocycles. The van der Waals surface area contributed by atoms with Crippen LogP contribution in [0.15, 0.2) is 12.2 Å². The van der Waals surface area contributed by atoms with Gasteiger partial charge in [-0.15, -0.1) is 0 Å². The van der Waals surface area contributed by atoms with E-state index in [-0.39, 0.29) is 11.0 Å². The van der Waals surface area contributed by atoms with E-state index in [9.17, 15) is 35.1 Å². The van der Waals surface area contributed by atoms with Gasteiger partial charge in [-0.25, -0.2) is 9.29 Å². The first-order chi connectivity index (χ1) is 9.43. The Bertz CT molecular complexity index is 368. The minimum atomic E-state index is -4.53. The maximum absolute atomic E-state index is 13.7. The van der Waals surface area contributed by atoms with Gasteiger partial charge in [0, 0.05) is 13.1 Å². The van der Waals surface area contributed by atoms with E-state index in [0.717, 1.165) is 13.0 Å². The van der Waals surface area contributed by atoms with Crippen LogP contribution >= 0.6 is 0 Å². The van der Waals surface area contributed by atoms with Crippen LogP contribution in [0.25, 0.3) is 0 Å². The van der Waals surface area contributed by atoms with E-state index in [0.29, 0.717) is 0 Å². The predicted octanol–water partition coefficient (Wildman–Crippen LogP) is 4.40. The maximum Gasteiger partial charge on any atom is 0.391 e. The summed E-state index contributed by atoms with van der Waals surface area (Å²) in [6, 6.07) is -4.53.